The third-order valence-corrected chi connectivity index (χ3v) is 1.74. The maximum atomic E-state index is 4.21. The number of nitrogens with zero attached hydrogens (tertiary/aromatic N) is 3. The maximum absolute atomic E-state index is 4.21. The van der Waals surface area contributed by atoms with Crippen molar-refractivity contribution in [2.24, 2.45) is 7.05 Å². The molecule has 0 radical (unpaired) electrons. The fourth-order valence-electron chi connectivity index (χ4n) is 1.14. The van der Waals surface area contributed by atoms with E-state index in [9.17, 15) is 0 Å². The number of rotatable bonds is 1. The van der Waals surface area contributed by atoms with Gasteiger partial charge in [0.05, 0.1) is 0 Å². The first-order valence-corrected chi connectivity index (χ1v) is 3.75. The summed E-state index contributed by atoms with van der Waals surface area (Å²) in [6.45, 7) is 0. The van der Waals surface area contributed by atoms with Crippen molar-refractivity contribution in [1.82, 2.24) is 14.5 Å². The van der Waals surface area contributed by atoms with Gasteiger partial charge in [0.25, 0.3) is 0 Å². The highest BCUT2D eigenvalue weighted by molar-refractivity contribution is 5.53. The fourth-order valence-corrected chi connectivity index (χ4v) is 1.14. The molecule has 2 aromatic heterocycles. The predicted molar refractivity (Wildman–Crippen MR) is 46.4 cm³/mol. The van der Waals surface area contributed by atoms with Gasteiger partial charge in [-0.3, -0.25) is 4.98 Å². The van der Waals surface area contributed by atoms with Crippen molar-refractivity contribution in [3.05, 3.63) is 36.9 Å². The first kappa shape index (κ1) is 7.03. The molecule has 3 heteroatoms. The van der Waals surface area contributed by atoms with Gasteiger partial charge in [-0.2, -0.15) is 0 Å². The average Bonchev–Trinajstić information content (AvgIpc) is 2.53. The highest BCUT2D eigenvalue weighted by Gasteiger charge is 2.00. The van der Waals surface area contributed by atoms with Crippen molar-refractivity contribution in [1.29, 1.82) is 0 Å². The van der Waals surface area contributed by atoms with Crippen LogP contribution < -0.4 is 0 Å². The smallest absolute Gasteiger partial charge is 0.141 e. The molecule has 0 aliphatic heterocycles. The summed E-state index contributed by atoms with van der Waals surface area (Å²) < 4.78 is 1.97. The zero-order chi connectivity index (χ0) is 8.39. The van der Waals surface area contributed by atoms with Gasteiger partial charge in [-0.05, 0) is 12.1 Å². The van der Waals surface area contributed by atoms with Crippen molar-refractivity contribution in [3.63, 3.8) is 0 Å². The molecule has 0 amide bonds. The van der Waals surface area contributed by atoms with Crippen LogP contribution >= 0.6 is 0 Å². The molecule has 0 bridgehead atoms. The van der Waals surface area contributed by atoms with Gasteiger partial charge in [-0.1, -0.05) is 0 Å². The quantitative estimate of drug-likeness (QED) is 0.631. The number of aryl methyl sites for hydroxylation is 1. The summed E-state index contributed by atoms with van der Waals surface area (Å²) in [4.78, 5) is 8.24. The Kier molecular flexibility index (Phi) is 1.63. The Balaban J connectivity index is 2.51. The van der Waals surface area contributed by atoms with Gasteiger partial charge >= 0.3 is 0 Å². The summed E-state index contributed by atoms with van der Waals surface area (Å²) in [6, 6.07) is 3.90. The summed E-state index contributed by atoms with van der Waals surface area (Å²) in [5.74, 6) is 0.947. The second-order valence-electron chi connectivity index (χ2n) is 2.60. The molecule has 2 rings (SSSR count). The molecule has 0 aromatic carbocycles. The van der Waals surface area contributed by atoms with E-state index in [2.05, 4.69) is 9.97 Å². The molecule has 0 unspecified atom stereocenters. The van der Waals surface area contributed by atoms with E-state index in [4.69, 9.17) is 0 Å². The zero-order valence-corrected chi connectivity index (χ0v) is 6.81. The molecule has 60 valence electrons. The van der Waals surface area contributed by atoms with Gasteiger partial charge in [0, 0.05) is 37.4 Å². The summed E-state index contributed by atoms with van der Waals surface area (Å²) in [7, 11) is 1.97. The third kappa shape index (κ3) is 1.09. The lowest BCUT2D eigenvalue weighted by molar-refractivity contribution is 0.923. The maximum Gasteiger partial charge on any atom is 0.141 e. The van der Waals surface area contributed by atoms with E-state index < -0.39 is 0 Å². The molecular weight excluding hydrogens is 150 g/mol. The van der Waals surface area contributed by atoms with Crippen LogP contribution in [-0.2, 0) is 7.05 Å². The molecule has 0 N–H and O–H groups in total. The fraction of sp³-hybridized carbons (Fsp3) is 0.111. The van der Waals surface area contributed by atoms with E-state index in [-0.39, 0.29) is 0 Å². The SMILES string of the molecule is Cn1ccnc1-c1cccnc1. The van der Waals surface area contributed by atoms with Gasteiger partial charge in [0.15, 0.2) is 0 Å². The van der Waals surface area contributed by atoms with E-state index in [1.165, 1.54) is 0 Å². The Morgan fingerprint density at radius 2 is 2.25 bits per heavy atom. The Morgan fingerprint density at radius 3 is 2.83 bits per heavy atom. The third-order valence-electron chi connectivity index (χ3n) is 1.74. The standard InChI is InChI=1S/C9H9N3/c1-12-6-5-11-9(12)8-3-2-4-10-7-8/h2-7H,1H3. The lowest BCUT2D eigenvalue weighted by Crippen LogP contribution is -1.90. The van der Waals surface area contributed by atoms with E-state index in [0.29, 0.717) is 0 Å². The number of imidazole rings is 1. The number of hydrogen-bond donors (Lipinski definition) is 0. The first-order chi connectivity index (χ1) is 5.88. The largest absolute Gasteiger partial charge is 0.334 e. The molecule has 0 spiro atoms. The molecule has 2 heterocycles. The van der Waals surface area contributed by atoms with E-state index in [1.807, 2.05) is 36.1 Å². The summed E-state index contributed by atoms with van der Waals surface area (Å²) in [6.07, 6.45) is 7.26. The second-order valence-corrected chi connectivity index (χ2v) is 2.60. The molecule has 0 aliphatic carbocycles. The number of hydrogen-bond acceptors (Lipinski definition) is 2. The predicted octanol–water partition coefficient (Wildman–Crippen LogP) is 1.48. The summed E-state index contributed by atoms with van der Waals surface area (Å²) >= 11 is 0. The van der Waals surface area contributed by atoms with Crippen LogP contribution in [0.1, 0.15) is 0 Å². The summed E-state index contributed by atoms with van der Waals surface area (Å²) in [5.41, 5.74) is 1.05. The highest BCUT2D eigenvalue weighted by atomic mass is 15.0. The molecule has 0 aliphatic rings. The number of aromatic nitrogens is 3. The van der Waals surface area contributed by atoms with Crippen LogP contribution in [-0.4, -0.2) is 14.5 Å². The minimum atomic E-state index is 0.947. The van der Waals surface area contributed by atoms with Gasteiger partial charge in [-0.15, -0.1) is 0 Å². The van der Waals surface area contributed by atoms with Gasteiger partial charge in [0.1, 0.15) is 5.82 Å². The molecular formula is C9H9N3. The minimum absolute atomic E-state index is 0.947. The lowest BCUT2D eigenvalue weighted by atomic mass is 10.3. The van der Waals surface area contributed by atoms with Crippen molar-refractivity contribution in [2.45, 2.75) is 0 Å². The van der Waals surface area contributed by atoms with Crippen molar-refractivity contribution in [2.75, 3.05) is 0 Å². The average molecular weight is 159 g/mol. The Bertz CT molecular complexity index is 364. The van der Waals surface area contributed by atoms with Crippen LogP contribution in [0.25, 0.3) is 11.4 Å². The molecule has 3 nitrogen and oxygen atoms in total. The highest BCUT2D eigenvalue weighted by Crippen LogP contribution is 2.13. The van der Waals surface area contributed by atoms with E-state index in [1.54, 1.807) is 12.4 Å². The van der Waals surface area contributed by atoms with Crippen molar-refractivity contribution < 1.29 is 0 Å². The van der Waals surface area contributed by atoms with Crippen LogP contribution in [0.2, 0.25) is 0 Å². The molecule has 0 saturated heterocycles. The molecule has 2 aromatic rings. The zero-order valence-electron chi connectivity index (χ0n) is 6.81. The molecule has 0 atom stereocenters. The van der Waals surface area contributed by atoms with Crippen LogP contribution in [0.5, 0.6) is 0 Å². The Hall–Kier alpha value is -1.64. The minimum Gasteiger partial charge on any atom is -0.334 e. The van der Waals surface area contributed by atoms with Crippen LogP contribution in [0.15, 0.2) is 36.9 Å². The molecule has 0 fully saturated rings. The summed E-state index contributed by atoms with van der Waals surface area (Å²) in [5, 5.41) is 0. The Morgan fingerprint density at radius 1 is 1.33 bits per heavy atom. The number of pyridine rings is 1. The van der Waals surface area contributed by atoms with Gasteiger partial charge in [-0.25, -0.2) is 4.98 Å². The van der Waals surface area contributed by atoms with Crippen LogP contribution in [0.3, 0.4) is 0 Å². The first-order valence-electron chi connectivity index (χ1n) is 3.75. The van der Waals surface area contributed by atoms with E-state index >= 15 is 0 Å². The van der Waals surface area contributed by atoms with E-state index in [0.717, 1.165) is 11.4 Å². The van der Waals surface area contributed by atoms with Crippen molar-refractivity contribution >= 4 is 0 Å². The topological polar surface area (TPSA) is 30.7 Å². The Labute approximate surface area is 70.7 Å². The molecule has 0 saturated carbocycles. The van der Waals surface area contributed by atoms with Crippen molar-refractivity contribution in [3.8, 4) is 11.4 Å². The second kappa shape index (κ2) is 2.77. The van der Waals surface area contributed by atoms with Gasteiger partial charge < -0.3 is 4.57 Å². The van der Waals surface area contributed by atoms with Gasteiger partial charge in [0.2, 0.25) is 0 Å². The van der Waals surface area contributed by atoms with Crippen LogP contribution in [0.4, 0.5) is 0 Å². The van der Waals surface area contributed by atoms with Crippen LogP contribution in [0, 0.1) is 0 Å². The molecule has 12 heavy (non-hydrogen) atoms. The normalized spacial score (nSPS) is 10.1. The lowest BCUT2D eigenvalue weighted by Gasteiger charge is -1.98. The monoisotopic (exact) mass is 159 g/mol.